The van der Waals surface area contributed by atoms with Crippen molar-refractivity contribution < 1.29 is 39.4 Å². The number of rotatable bonds is 11. The fraction of sp³-hybridized carbons (Fsp3) is 0.885. The normalized spacial score (nSPS) is 43.0. The summed E-state index contributed by atoms with van der Waals surface area (Å²) in [5, 5.41) is 52.2. The summed E-state index contributed by atoms with van der Waals surface area (Å²) in [4.78, 5) is 12.6. The van der Waals surface area contributed by atoms with E-state index in [0.29, 0.717) is 25.3 Å². The maximum atomic E-state index is 12.6. The first kappa shape index (κ1) is 32.4. The molecule has 2 aliphatic carbocycles. The molecule has 0 aromatic heterocycles. The van der Waals surface area contributed by atoms with Crippen molar-refractivity contribution in [3.63, 3.8) is 0 Å². The summed E-state index contributed by atoms with van der Waals surface area (Å²) in [6.07, 6.45) is -2.66. The Morgan fingerprint density at radius 2 is 1.95 bits per heavy atom. The summed E-state index contributed by atoms with van der Waals surface area (Å²) >= 11 is 0. The third kappa shape index (κ3) is 7.37. The highest BCUT2D eigenvalue weighted by molar-refractivity contribution is 5.81. The van der Waals surface area contributed by atoms with Crippen LogP contribution in [0.15, 0.2) is 11.8 Å². The Morgan fingerprint density at radius 1 is 1.24 bits per heavy atom. The van der Waals surface area contributed by atoms with Crippen LogP contribution in [0.2, 0.25) is 0 Å². The highest BCUT2D eigenvalue weighted by Crippen LogP contribution is 2.37. The van der Waals surface area contributed by atoms with Crippen LogP contribution in [0.5, 0.6) is 0 Å². The standard InChI is InChI=1S/C26H49N7O8/c1-25(38)11-39-24(19(36)22(25)31-2)41-21-15(33-23(37)16(34)8-27)7-14(29)17(18(21)35)20-13(28)4-3-12(40-20)9-32-10-26(30)5-6-26/h3,13-22,24,31-32,34-36,38H,4-11,27-30H2,1-2H3,(H,33,37)/t13-,14+,15-,16+,17-,18+,19-,20?,21+,22-,24-,25+/m1/s1. The molecule has 0 spiro atoms. The van der Waals surface area contributed by atoms with Crippen molar-refractivity contribution in [3.05, 3.63) is 11.8 Å². The van der Waals surface area contributed by atoms with E-state index >= 15 is 0 Å². The molecule has 1 amide bonds. The van der Waals surface area contributed by atoms with Gasteiger partial charge in [0.25, 0.3) is 0 Å². The van der Waals surface area contributed by atoms with Crippen LogP contribution in [0, 0.1) is 5.92 Å². The fourth-order valence-corrected chi connectivity index (χ4v) is 6.12. The second-order valence-electron chi connectivity index (χ2n) is 12.3. The Bertz CT molecular complexity index is 938. The van der Waals surface area contributed by atoms with Crippen LogP contribution >= 0.6 is 0 Å². The number of likely N-dealkylation sites (N-methyl/N-ethyl adjacent to an activating group) is 1. The van der Waals surface area contributed by atoms with Gasteiger partial charge < -0.3 is 73.5 Å². The van der Waals surface area contributed by atoms with Gasteiger partial charge in [-0.2, -0.15) is 0 Å². The largest absolute Gasteiger partial charge is 0.492 e. The minimum absolute atomic E-state index is 0.144. The number of carbonyl (C=O) groups is 1. The average Bonchev–Trinajstić information content (AvgIpc) is 3.65. The third-order valence-corrected chi connectivity index (χ3v) is 8.81. The maximum absolute atomic E-state index is 12.6. The van der Waals surface area contributed by atoms with Crippen LogP contribution in [0.1, 0.15) is 32.6 Å². The topological polar surface area (TPSA) is 266 Å². The molecule has 41 heavy (non-hydrogen) atoms. The molecule has 15 N–H and O–H groups in total. The van der Waals surface area contributed by atoms with Gasteiger partial charge in [0.15, 0.2) is 6.29 Å². The molecular weight excluding hydrogens is 538 g/mol. The molecule has 4 aliphatic rings. The highest BCUT2D eigenvalue weighted by Gasteiger charge is 2.53. The van der Waals surface area contributed by atoms with Crippen molar-refractivity contribution in [2.24, 2.45) is 28.9 Å². The monoisotopic (exact) mass is 587 g/mol. The summed E-state index contributed by atoms with van der Waals surface area (Å²) in [6.45, 7) is 2.17. The molecule has 2 saturated carbocycles. The number of nitrogens with one attached hydrogen (secondary N) is 3. The predicted octanol–water partition coefficient (Wildman–Crippen LogP) is -4.98. The van der Waals surface area contributed by atoms with E-state index < -0.39 is 78.4 Å². The number of carbonyl (C=O) groups excluding carboxylic acids is 1. The summed E-state index contributed by atoms with van der Waals surface area (Å²) in [5.41, 5.74) is 23.1. The molecule has 12 atom stereocenters. The van der Waals surface area contributed by atoms with Crippen molar-refractivity contribution in [3.8, 4) is 0 Å². The van der Waals surface area contributed by atoms with E-state index in [2.05, 4.69) is 16.0 Å². The third-order valence-electron chi connectivity index (χ3n) is 8.81. The number of amides is 1. The molecule has 0 aromatic rings. The van der Waals surface area contributed by atoms with Gasteiger partial charge in [-0.25, -0.2) is 0 Å². The van der Waals surface area contributed by atoms with Crippen molar-refractivity contribution in [1.29, 1.82) is 0 Å². The van der Waals surface area contributed by atoms with E-state index in [1.54, 1.807) is 7.05 Å². The molecule has 3 fully saturated rings. The summed E-state index contributed by atoms with van der Waals surface area (Å²) in [7, 11) is 1.59. The van der Waals surface area contributed by atoms with E-state index in [-0.39, 0.29) is 25.1 Å². The summed E-state index contributed by atoms with van der Waals surface area (Å²) < 4.78 is 18.1. The van der Waals surface area contributed by atoms with Crippen molar-refractivity contribution in [2.75, 3.05) is 33.3 Å². The zero-order valence-corrected chi connectivity index (χ0v) is 23.8. The first-order valence-corrected chi connectivity index (χ1v) is 14.4. The Labute approximate surface area is 240 Å². The first-order chi connectivity index (χ1) is 19.3. The summed E-state index contributed by atoms with van der Waals surface area (Å²) in [5.74, 6) is -0.788. The Balaban J connectivity index is 1.52. The van der Waals surface area contributed by atoms with E-state index in [1.165, 1.54) is 6.92 Å². The molecule has 2 aliphatic heterocycles. The van der Waals surface area contributed by atoms with Gasteiger partial charge in [-0.1, -0.05) is 0 Å². The second kappa shape index (κ2) is 13.0. The van der Waals surface area contributed by atoms with Crippen LogP contribution in [0.4, 0.5) is 0 Å². The number of hydrogen-bond acceptors (Lipinski definition) is 14. The van der Waals surface area contributed by atoms with Crippen LogP contribution in [0.3, 0.4) is 0 Å². The zero-order chi connectivity index (χ0) is 30.1. The lowest BCUT2D eigenvalue weighted by molar-refractivity contribution is -0.297. The van der Waals surface area contributed by atoms with Gasteiger partial charge in [-0.05, 0) is 45.7 Å². The molecule has 2 heterocycles. The average molecular weight is 588 g/mol. The molecule has 15 nitrogen and oxygen atoms in total. The molecule has 236 valence electrons. The Morgan fingerprint density at radius 3 is 2.59 bits per heavy atom. The zero-order valence-electron chi connectivity index (χ0n) is 23.8. The van der Waals surface area contributed by atoms with Crippen molar-refractivity contribution in [1.82, 2.24) is 16.0 Å². The lowest BCUT2D eigenvalue weighted by Crippen LogP contribution is -2.69. The SMILES string of the molecule is CN[C@@H]1[C@@H](O)[C@@H](O[C@@H]2[C@@H](O)[C@H](C3OC(CNCC4(N)CC4)=CC[C@H]3N)[C@@H](N)C[C@H]2NC(=O)[C@@H](O)CN)OC[C@]1(C)O. The van der Waals surface area contributed by atoms with Crippen LogP contribution in [-0.4, -0.2) is 132 Å². The smallest absolute Gasteiger partial charge is 0.250 e. The Hall–Kier alpha value is -1.47. The molecular formula is C26H49N7O8. The maximum Gasteiger partial charge on any atom is 0.250 e. The van der Waals surface area contributed by atoms with Crippen LogP contribution in [0.25, 0.3) is 0 Å². The van der Waals surface area contributed by atoms with Gasteiger partial charge in [0.2, 0.25) is 5.91 Å². The molecule has 1 unspecified atom stereocenters. The van der Waals surface area contributed by atoms with E-state index in [0.717, 1.165) is 12.8 Å². The molecule has 0 aromatic carbocycles. The lowest BCUT2D eigenvalue weighted by Gasteiger charge is -2.50. The van der Waals surface area contributed by atoms with Gasteiger partial charge >= 0.3 is 0 Å². The summed E-state index contributed by atoms with van der Waals surface area (Å²) in [6, 6.07) is -2.81. The van der Waals surface area contributed by atoms with Crippen molar-refractivity contribution in [2.45, 2.75) is 105 Å². The molecule has 4 rings (SSSR count). The number of aliphatic hydroxyl groups is 4. The number of aliphatic hydroxyl groups excluding tert-OH is 3. The van der Waals surface area contributed by atoms with E-state index in [1.807, 2.05) is 6.08 Å². The number of ether oxygens (including phenoxy) is 3. The first-order valence-electron chi connectivity index (χ1n) is 14.4. The van der Waals surface area contributed by atoms with E-state index in [4.69, 9.17) is 37.1 Å². The quantitative estimate of drug-likeness (QED) is 0.108. The van der Waals surface area contributed by atoms with Gasteiger partial charge in [0.1, 0.15) is 35.8 Å². The highest BCUT2D eigenvalue weighted by atomic mass is 16.7. The Kier molecular flexibility index (Phi) is 10.3. The minimum Gasteiger partial charge on any atom is -0.492 e. The fourth-order valence-electron chi connectivity index (χ4n) is 6.12. The van der Waals surface area contributed by atoms with Crippen molar-refractivity contribution >= 4 is 5.91 Å². The van der Waals surface area contributed by atoms with Gasteiger partial charge in [0, 0.05) is 36.6 Å². The van der Waals surface area contributed by atoms with Gasteiger partial charge in [-0.3, -0.25) is 4.79 Å². The van der Waals surface area contributed by atoms with E-state index in [9.17, 15) is 25.2 Å². The van der Waals surface area contributed by atoms with Gasteiger partial charge in [-0.15, -0.1) is 0 Å². The molecule has 15 heteroatoms. The number of hydrogen-bond donors (Lipinski definition) is 11. The minimum atomic E-state index is -1.47. The molecule has 0 bridgehead atoms. The second-order valence-corrected chi connectivity index (χ2v) is 12.3. The molecule has 1 saturated heterocycles. The lowest BCUT2D eigenvalue weighted by atomic mass is 9.72. The van der Waals surface area contributed by atoms with Crippen LogP contribution in [-0.2, 0) is 19.0 Å². The van der Waals surface area contributed by atoms with Crippen LogP contribution < -0.4 is 38.9 Å². The number of nitrogens with two attached hydrogens (primary N) is 4. The molecule has 0 radical (unpaired) electrons. The van der Waals surface area contributed by atoms with Gasteiger partial charge in [0.05, 0.1) is 31.3 Å². The predicted molar refractivity (Wildman–Crippen MR) is 148 cm³/mol.